The summed E-state index contributed by atoms with van der Waals surface area (Å²) in [6.07, 6.45) is 0. The Morgan fingerprint density at radius 3 is 2.42 bits per heavy atom. The predicted octanol–water partition coefficient (Wildman–Crippen LogP) is 3.34. The number of halogens is 1. The minimum atomic E-state index is -0.862. The molecule has 166 valence electrons. The molecule has 0 aliphatic heterocycles. The zero-order valence-electron chi connectivity index (χ0n) is 17.6. The van der Waals surface area contributed by atoms with Crippen LogP contribution in [-0.2, 0) is 11.3 Å². The number of ether oxygens (including phenoxy) is 2. The molecule has 2 N–H and O–H groups in total. The maximum Gasteiger partial charge on any atom is 0.288 e. The second kappa shape index (κ2) is 10.6. The largest absolute Gasteiger partial charge is 0.497 e. The molecule has 0 aliphatic rings. The highest BCUT2D eigenvalue weighted by Crippen LogP contribution is 2.25. The molecular formula is C21H24ClN3O6. The summed E-state index contributed by atoms with van der Waals surface area (Å²) < 4.78 is 10.5. The quantitative estimate of drug-likeness (QED) is 0.447. The van der Waals surface area contributed by atoms with E-state index in [9.17, 15) is 19.7 Å². The summed E-state index contributed by atoms with van der Waals surface area (Å²) in [5.74, 6) is -0.0643. The normalized spacial score (nSPS) is 11.5. The highest BCUT2D eigenvalue weighted by atomic mass is 35.5. The number of rotatable bonds is 9. The van der Waals surface area contributed by atoms with Gasteiger partial charge in [0.1, 0.15) is 22.6 Å². The van der Waals surface area contributed by atoms with E-state index < -0.39 is 22.8 Å². The van der Waals surface area contributed by atoms with Gasteiger partial charge in [-0.05, 0) is 36.2 Å². The Labute approximate surface area is 184 Å². The van der Waals surface area contributed by atoms with Gasteiger partial charge in [-0.3, -0.25) is 19.7 Å². The summed E-state index contributed by atoms with van der Waals surface area (Å²) in [6.45, 7) is 3.71. The SMILES string of the molecule is COc1ccc(OC)c(CNC(=O)C(NC(=O)c2ccc(Cl)c([N+](=O)[O-])c2)C(C)C)c1. The van der Waals surface area contributed by atoms with Crippen LogP contribution in [0.3, 0.4) is 0 Å². The minimum absolute atomic E-state index is 0.0315. The van der Waals surface area contributed by atoms with Gasteiger partial charge >= 0.3 is 0 Å². The van der Waals surface area contributed by atoms with Crippen LogP contribution in [0.15, 0.2) is 36.4 Å². The van der Waals surface area contributed by atoms with Crippen LogP contribution in [0.25, 0.3) is 0 Å². The third-order valence-electron chi connectivity index (χ3n) is 4.58. The molecule has 2 rings (SSSR count). The number of nitro groups is 1. The van der Waals surface area contributed by atoms with Crippen LogP contribution in [0.2, 0.25) is 5.02 Å². The summed E-state index contributed by atoms with van der Waals surface area (Å²) in [5.41, 5.74) is 0.353. The van der Waals surface area contributed by atoms with E-state index in [2.05, 4.69) is 10.6 Å². The fourth-order valence-corrected chi connectivity index (χ4v) is 3.05. The third-order valence-corrected chi connectivity index (χ3v) is 4.90. The molecule has 2 aromatic rings. The average Bonchev–Trinajstić information content (AvgIpc) is 2.75. The number of benzene rings is 2. The summed E-state index contributed by atoms with van der Waals surface area (Å²) in [7, 11) is 3.06. The number of nitrogens with zero attached hydrogens (tertiary/aromatic N) is 1. The number of amides is 2. The van der Waals surface area contributed by atoms with Crippen LogP contribution >= 0.6 is 11.6 Å². The molecule has 0 heterocycles. The lowest BCUT2D eigenvalue weighted by Gasteiger charge is -2.22. The van der Waals surface area contributed by atoms with E-state index in [4.69, 9.17) is 21.1 Å². The average molecular weight is 450 g/mol. The van der Waals surface area contributed by atoms with E-state index in [1.165, 1.54) is 26.4 Å². The first kappa shape index (κ1) is 23.9. The first-order valence-corrected chi connectivity index (χ1v) is 9.79. The Balaban J connectivity index is 2.14. The number of hydrogen-bond acceptors (Lipinski definition) is 6. The first-order chi connectivity index (χ1) is 14.7. The smallest absolute Gasteiger partial charge is 0.288 e. The van der Waals surface area contributed by atoms with Crippen molar-refractivity contribution in [2.75, 3.05) is 14.2 Å². The van der Waals surface area contributed by atoms with E-state index in [-0.39, 0.29) is 28.7 Å². The zero-order chi connectivity index (χ0) is 23.1. The summed E-state index contributed by atoms with van der Waals surface area (Å²) in [5, 5.41) is 16.4. The molecule has 0 fully saturated rings. The van der Waals surface area contributed by atoms with Crippen LogP contribution in [0.4, 0.5) is 5.69 Å². The second-order valence-corrected chi connectivity index (χ2v) is 7.42. The third kappa shape index (κ3) is 6.08. The number of carbonyl (C=O) groups is 2. The Morgan fingerprint density at radius 2 is 1.84 bits per heavy atom. The van der Waals surface area contributed by atoms with E-state index in [0.29, 0.717) is 17.1 Å². The van der Waals surface area contributed by atoms with Crippen molar-refractivity contribution < 1.29 is 24.0 Å². The maximum absolute atomic E-state index is 12.8. The van der Waals surface area contributed by atoms with Crippen molar-refractivity contribution in [3.05, 3.63) is 62.7 Å². The van der Waals surface area contributed by atoms with Gasteiger partial charge in [0.05, 0.1) is 19.1 Å². The first-order valence-electron chi connectivity index (χ1n) is 9.41. The predicted molar refractivity (Wildman–Crippen MR) is 116 cm³/mol. The molecule has 0 saturated heterocycles. The Kier molecular flexibility index (Phi) is 8.21. The van der Waals surface area contributed by atoms with Crippen molar-refractivity contribution >= 4 is 29.1 Å². The van der Waals surface area contributed by atoms with Gasteiger partial charge in [0.2, 0.25) is 5.91 Å². The Hall–Kier alpha value is -3.33. The van der Waals surface area contributed by atoms with Gasteiger partial charge in [0, 0.05) is 23.7 Å². The van der Waals surface area contributed by atoms with Gasteiger partial charge in [-0.25, -0.2) is 0 Å². The van der Waals surface area contributed by atoms with Crippen LogP contribution < -0.4 is 20.1 Å². The van der Waals surface area contributed by atoms with Crippen LogP contribution in [-0.4, -0.2) is 37.0 Å². The van der Waals surface area contributed by atoms with Crippen molar-refractivity contribution in [2.24, 2.45) is 5.92 Å². The van der Waals surface area contributed by atoms with Gasteiger partial charge in [-0.1, -0.05) is 25.4 Å². The molecule has 0 radical (unpaired) electrons. The van der Waals surface area contributed by atoms with Crippen LogP contribution in [0.5, 0.6) is 11.5 Å². The molecule has 1 unspecified atom stereocenters. The molecule has 0 spiro atoms. The summed E-state index contributed by atoms with van der Waals surface area (Å²) >= 11 is 5.79. The molecular weight excluding hydrogens is 426 g/mol. The second-order valence-electron chi connectivity index (χ2n) is 7.01. The molecule has 0 aromatic heterocycles. The lowest BCUT2D eigenvalue weighted by Crippen LogP contribution is -2.49. The molecule has 0 aliphatic carbocycles. The van der Waals surface area contributed by atoms with Crippen LogP contribution in [0, 0.1) is 16.0 Å². The molecule has 31 heavy (non-hydrogen) atoms. The molecule has 2 aromatic carbocycles. The zero-order valence-corrected chi connectivity index (χ0v) is 18.4. The van der Waals surface area contributed by atoms with Gasteiger partial charge in [0.25, 0.3) is 11.6 Å². The van der Waals surface area contributed by atoms with Crippen molar-refractivity contribution in [1.29, 1.82) is 0 Å². The minimum Gasteiger partial charge on any atom is -0.497 e. The van der Waals surface area contributed by atoms with Crippen molar-refractivity contribution in [3.63, 3.8) is 0 Å². The van der Waals surface area contributed by atoms with Gasteiger partial charge in [-0.15, -0.1) is 0 Å². The van der Waals surface area contributed by atoms with E-state index in [0.717, 1.165) is 6.07 Å². The van der Waals surface area contributed by atoms with Gasteiger partial charge in [0.15, 0.2) is 0 Å². The molecule has 1 atom stereocenters. The summed E-state index contributed by atoms with van der Waals surface area (Å²) in [6, 6.07) is 8.07. The monoisotopic (exact) mass is 449 g/mol. The van der Waals surface area contributed by atoms with Crippen molar-refractivity contribution in [3.8, 4) is 11.5 Å². The van der Waals surface area contributed by atoms with E-state index in [1.54, 1.807) is 32.0 Å². The molecule has 0 saturated carbocycles. The number of hydrogen-bond donors (Lipinski definition) is 2. The van der Waals surface area contributed by atoms with E-state index in [1.807, 2.05) is 0 Å². The fourth-order valence-electron chi connectivity index (χ4n) is 2.87. The number of carbonyl (C=O) groups excluding carboxylic acids is 2. The molecule has 0 bridgehead atoms. The fraction of sp³-hybridized carbons (Fsp3) is 0.333. The Morgan fingerprint density at radius 1 is 1.13 bits per heavy atom. The van der Waals surface area contributed by atoms with E-state index >= 15 is 0 Å². The van der Waals surface area contributed by atoms with Crippen molar-refractivity contribution in [1.82, 2.24) is 10.6 Å². The number of methoxy groups -OCH3 is 2. The highest BCUT2D eigenvalue weighted by Gasteiger charge is 2.26. The highest BCUT2D eigenvalue weighted by molar-refractivity contribution is 6.32. The van der Waals surface area contributed by atoms with Crippen LogP contribution in [0.1, 0.15) is 29.8 Å². The Bertz CT molecular complexity index is 980. The molecule has 2 amide bonds. The standard InChI is InChI=1S/C21H24ClN3O6/c1-12(2)19(24-20(26)13-5-7-16(22)17(10-13)25(28)29)21(27)23-11-14-9-15(30-3)6-8-18(14)31-4/h5-10,12,19H,11H2,1-4H3,(H,23,27)(H,24,26). The topological polar surface area (TPSA) is 120 Å². The molecule has 9 nitrogen and oxygen atoms in total. The van der Waals surface area contributed by atoms with Gasteiger partial charge < -0.3 is 20.1 Å². The number of nitro benzene ring substituents is 1. The van der Waals surface area contributed by atoms with Gasteiger partial charge in [-0.2, -0.15) is 0 Å². The number of nitrogens with one attached hydrogen (secondary N) is 2. The lowest BCUT2D eigenvalue weighted by atomic mass is 10.0. The summed E-state index contributed by atoms with van der Waals surface area (Å²) in [4.78, 5) is 35.8. The maximum atomic E-state index is 12.8. The lowest BCUT2D eigenvalue weighted by molar-refractivity contribution is -0.384. The molecule has 10 heteroatoms. The van der Waals surface area contributed by atoms with Crippen molar-refractivity contribution in [2.45, 2.75) is 26.4 Å².